The lowest BCUT2D eigenvalue weighted by Crippen LogP contribution is -2.34. The van der Waals surface area contributed by atoms with Crippen LogP contribution in [0.3, 0.4) is 0 Å². The molecule has 0 bridgehead atoms. The molecule has 7 heteroatoms. The van der Waals surface area contributed by atoms with Crippen molar-refractivity contribution in [3.63, 3.8) is 0 Å². The summed E-state index contributed by atoms with van der Waals surface area (Å²) in [6, 6.07) is 0. The maximum Gasteiger partial charge on any atom is 0.317 e. The fourth-order valence-electron chi connectivity index (χ4n) is 1.67. The van der Waals surface area contributed by atoms with Gasteiger partial charge in [0.25, 0.3) is 0 Å². The number of carbonyl (C=O) groups is 2. The molecule has 18 heavy (non-hydrogen) atoms. The van der Waals surface area contributed by atoms with Crippen molar-refractivity contribution in [2.45, 2.75) is 13.8 Å². The maximum absolute atomic E-state index is 11.7. The zero-order valence-corrected chi connectivity index (χ0v) is 11.0. The Morgan fingerprint density at radius 2 is 2.00 bits per heavy atom. The van der Waals surface area contributed by atoms with Gasteiger partial charge in [0, 0.05) is 7.05 Å². The number of aromatic nitrogens is 2. The van der Waals surface area contributed by atoms with Crippen molar-refractivity contribution in [1.29, 1.82) is 0 Å². The Hall–Kier alpha value is -1.89. The number of carboxylic acids is 1. The van der Waals surface area contributed by atoms with Gasteiger partial charge in [-0.05, 0) is 20.9 Å². The molecular formula is C11H18N4O3. The highest BCUT2D eigenvalue weighted by atomic mass is 16.4. The molecule has 100 valence electrons. The molecular weight excluding hydrogens is 236 g/mol. The minimum atomic E-state index is -0.959. The highest BCUT2D eigenvalue weighted by Gasteiger charge is 2.14. The van der Waals surface area contributed by atoms with Gasteiger partial charge in [-0.25, -0.2) is 0 Å². The molecule has 0 aliphatic heterocycles. The third-order valence-corrected chi connectivity index (χ3v) is 2.59. The molecule has 0 radical (unpaired) electrons. The Labute approximate surface area is 105 Å². The Kier molecular flexibility index (Phi) is 4.43. The first-order valence-corrected chi connectivity index (χ1v) is 5.51. The molecule has 2 N–H and O–H groups in total. The third-order valence-electron chi connectivity index (χ3n) is 2.59. The summed E-state index contributed by atoms with van der Waals surface area (Å²) in [5.74, 6) is -1.21. The molecule has 1 aromatic heterocycles. The number of aryl methyl sites for hydroxylation is 2. The van der Waals surface area contributed by atoms with E-state index in [1.54, 1.807) is 18.8 Å². The number of carboxylic acid groups (broad SMARTS) is 1. The second-order valence-electron chi connectivity index (χ2n) is 4.28. The number of amides is 1. The summed E-state index contributed by atoms with van der Waals surface area (Å²) in [6.07, 6.45) is 0. The topological polar surface area (TPSA) is 87.5 Å². The number of aliphatic carboxylic acids is 1. The van der Waals surface area contributed by atoms with E-state index in [1.165, 1.54) is 4.90 Å². The van der Waals surface area contributed by atoms with Crippen molar-refractivity contribution in [3.8, 4) is 0 Å². The highest BCUT2D eigenvalue weighted by Crippen LogP contribution is 2.17. The van der Waals surface area contributed by atoms with Crippen LogP contribution in [-0.4, -0.2) is 51.8 Å². The first-order chi connectivity index (χ1) is 8.31. The van der Waals surface area contributed by atoms with Gasteiger partial charge in [-0.1, -0.05) is 0 Å². The summed E-state index contributed by atoms with van der Waals surface area (Å²) in [4.78, 5) is 23.6. The molecule has 0 saturated carbocycles. The van der Waals surface area contributed by atoms with Crippen molar-refractivity contribution in [2.24, 2.45) is 7.05 Å². The van der Waals surface area contributed by atoms with E-state index in [2.05, 4.69) is 10.4 Å². The zero-order chi connectivity index (χ0) is 13.9. The summed E-state index contributed by atoms with van der Waals surface area (Å²) < 4.78 is 1.69. The van der Waals surface area contributed by atoms with Crippen molar-refractivity contribution in [3.05, 3.63) is 11.4 Å². The van der Waals surface area contributed by atoms with E-state index in [0.29, 0.717) is 5.69 Å². The van der Waals surface area contributed by atoms with Gasteiger partial charge in [-0.2, -0.15) is 5.10 Å². The summed E-state index contributed by atoms with van der Waals surface area (Å²) in [7, 11) is 3.38. The average molecular weight is 254 g/mol. The van der Waals surface area contributed by atoms with Crippen molar-refractivity contribution in [2.75, 3.05) is 25.5 Å². The van der Waals surface area contributed by atoms with Crippen LogP contribution in [0.15, 0.2) is 0 Å². The summed E-state index contributed by atoms with van der Waals surface area (Å²) in [5, 5.41) is 15.5. The van der Waals surface area contributed by atoms with Gasteiger partial charge < -0.3 is 10.4 Å². The van der Waals surface area contributed by atoms with Gasteiger partial charge in [-0.15, -0.1) is 0 Å². The second kappa shape index (κ2) is 5.63. The van der Waals surface area contributed by atoms with Gasteiger partial charge in [-0.3, -0.25) is 19.2 Å². The quantitative estimate of drug-likeness (QED) is 0.771. The van der Waals surface area contributed by atoms with Gasteiger partial charge in [0.05, 0.1) is 30.2 Å². The van der Waals surface area contributed by atoms with Crippen LogP contribution in [-0.2, 0) is 16.6 Å². The molecule has 0 aromatic carbocycles. The van der Waals surface area contributed by atoms with E-state index in [1.807, 2.05) is 13.8 Å². The van der Waals surface area contributed by atoms with E-state index >= 15 is 0 Å². The molecule has 7 nitrogen and oxygen atoms in total. The minimum Gasteiger partial charge on any atom is -0.480 e. The van der Waals surface area contributed by atoms with Crippen molar-refractivity contribution in [1.82, 2.24) is 14.7 Å². The predicted octanol–water partition coefficient (Wildman–Crippen LogP) is -0.00816. The smallest absolute Gasteiger partial charge is 0.317 e. The molecule has 1 heterocycles. The summed E-state index contributed by atoms with van der Waals surface area (Å²) in [6.45, 7) is 3.53. The molecule has 0 atom stereocenters. The number of nitrogens with one attached hydrogen (secondary N) is 1. The van der Waals surface area contributed by atoms with Gasteiger partial charge in [0.2, 0.25) is 5.91 Å². The Balaban J connectivity index is 2.62. The fraction of sp³-hybridized carbons (Fsp3) is 0.545. The number of rotatable bonds is 5. The number of likely N-dealkylation sites (N-methyl/N-ethyl adjacent to an activating group) is 1. The molecule has 0 spiro atoms. The number of carbonyl (C=O) groups excluding carboxylic acids is 1. The predicted molar refractivity (Wildman–Crippen MR) is 66.4 cm³/mol. The van der Waals surface area contributed by atoms with Crippen LogP contribution in [0.25, 0.3) is 0 Å². The molecule has 1 rings (SSSR count). The van der Waals surface area contributed by atoms with Crippen molar-refractivity contribution < 1.29 is 14.7 Å². The number of nitrogens with zero attached hydrogens (tertiary/aromatic N) is 3. The van der Waals surface area contributed by atoms with E-state index in [9.17, 15) is 9.59 Å². The van der Waals surface area contributed by atoms with Crippen LogP contribution in [0.4, 0.5) is 5.69 Å². The van der Waals surface area contributed by atoms with Crippen LogP contribution in [0.1, 0.15) is 11.4 Å². The molecule has 1 aromatic rings. The Morgan fingerprint density at radius 1 is 1.39 bits per heavy atom. The van der Waals surface area contributed by atoms with Gasteiger partial charge in [0.15, 0.2) is 0 Å². The number of hydrogen-bond donors (Lipinski definition) is 2. The van der Waals surface area contributed by atoms with Gasteiger partial charge in [0.1, 0.15) is 0 Å². The molecule has 0 aliphatic carbocycles. The molecule has 0 fully saturated rings. The third kappa shape index (κ3) is 3.56. The molecule has 1 amide bonds. The minimum absolute atomic E-state index is 0.0279. The normalized spacial score (nSPS) is 10.7. The van der Waals surface area contributed by atoms with E-state index in [4.69, 9.17) is 5.11 Å². The van der Waals surface area contributed by atoms with Crippen LogP contribution in [0.5, 0.6) is 0 Å². The van der Waals surface area contributed by atoms with Crippen LogP contribution >= 0.6 is 0 Å². The molecule has 0 aliphatic rings. The Bertz CT molecular complexity index is 467. The summed E-state index contributed by atoms with van der Waals surface area (Å²) >= 11 is 0. The SMILES string of the molecule is Cc1nn(C)c(C)c1NC(=O)CN(C)CC(=O)O. The lowest BCUT2D eigenvalue weighted by Gasteiger charge is -2.13. The standard InChI is InChI=1S/C11H18N4O3/c1-7-11(8(2)15(4)13-7)12-9(16)5-14(3)6-10(17)18/h5-6H2,1-4H3,(H,12,16)(H,17,18). The van der Waals surface area contributed by atoms with Crippen molar-refractivity contribution >= 4 is 17.6 Å². The second-order valence-corrected chi connectivity index (χ2v) is 4.28. The van der Waals surface area contributed by atoms with Gasteiger partial charge >= 0.3 is 5.97 Å². The fourth-order valence-corrected chi connectivity index (χ4v) is 1.67. The Morgan fingerprint density at radius 3 is 2.44 bits per heavy atom. The zero-order valence-electron chi connectivity index (χ0n) is 11.0. The maximum atomic E-state index is 11.7. The van der Waals surface area contributed by atoms with E-state index < -0.39 is 5.97 Å². The van der Waals surface area contributed by atoms with Crippen LogP contribution in [0.2, 0.25) is 0 Å². The number of anilines is 1. The lowest BCUT2D eigenvalue weighted by atomic mass is 10.3. The molecule has 0 unspecified atom stereocenters. The monoisotopic (exact) mass is 254 g/mol. The van der Waals surface area contributed by atoms with E-state index in [-0.39, 0.29) is 19.0 Å². The van der Waals surface area contributed by atoms with Crippen LogP contribution in [0, 0.1) is 13.8 Å². The van der Waals surface area contributed by atoms with E-state index in [0.717, 1.165) is 11.4 Å². The average Bonchev–Trinajstić information content (AvgIpc) is 2.43. The number of hydrogen-bond acceptors (Lipinski definition) is 4. The first-order valence-electron chi connectivity index (χ1n) is 5.51. The first kappa shape index (κ1) is 14.2. The molecule has 0 saturated heterocycles. The van der Waals surface area contributed by atoms with Crippen LogP contribution < -0.4 is 5.32 Å². The largest absolute Gasteiger partial charge is 0.480 e. The lowest BCUT2D eigenvalue weighted by molar-refractivity contribution is -0.138. The highest BCUT2D eigenvalue weighted by molar-refractivity contribution is 5.93. The summed E-state index contributed by atoms with van der Waals surface area (Å²) in [5.41, 5.74) is 2.29.